The van der Waals surface area contributed by atoms with E-state index in [0.29, 0.717) is 42.1 Å². The van der Waals surface area contributed by atoms with Crippen LogP contribution < -0.4 is 19.1 Å². The van der Waals surface area contributed by atoms with Gasteiger partial charge < -0.3 is 19.1 Å². The van der Waals surface area contributed by atoms with Crippen molar-refractivity contribution in [1.29, 1.82) is 0 Å². The number of Topliss-reactive ketones (excluding diaryl/α,β-unsaturated/α-hetero) is 1. The summed E-state index contributed by atoms with van der Waals surface area (Å²) in [6, 6.07) is 5.39. The Morgan fingerprint density at radius 1 is 1.14 bits per heavy atom. The van der Waals surface area contributed by atoms with E-state index in [0.717, 1.165) is 24.6 Å². The zero-order chi connectivity index (χ0) is 19.9. The van der Waals surface area contributed by atoms with Gasteiger partial charge in [0.15, 0.2) is 5.78 Å². The number of piperidine rings is 1. The number of ketones is 1. The summed E-state index contributed by atoms with van der Waals surface area (Å²) in [7, 11) is 3.12. The first kappa shape index (κ1) is 18.8. The Morgan fingerprint density at radius 2 is 1.89 bits per heavy atom. The number of hydrogen-bond acceptors (Lipinski definition) is 7. The van der Waals surface area contributed by atoms with Crippen LogP contribution in [0.2, 0.25) is 5.28 Å². The maximum Gasteiger partial charge on any atom is 0.224 e. The second-order valence-corrected chi connectivity index (χ2v) is 7.55. The molecule has 4 rings (SSSR count). The molecule has 0 bridgehead atoms. The van der Waals surface area contributed by atoms with Crippen molar-refractivity contribution in [2.24, 2.45) is 0 Å². The van der Waals surface area contributed by atoms with Crippen LogP contribution in [0.3, 0.4) is 0 Å². The number of methoxy groups -OCH3 is 2. The number of carbonyl (C=O) groups is 1. The Morgan fingerprint density at radius 3 is 2.54 bits per heavy atom. The standard InChI is InChI=1S/C20H22ClN3O4/c1-12-8-17(23-19(21)22-12)24-6-4-20(5-7-24)11-14(25)18-15(27-3)9-13(26-2)10-16(18)28-20/h8-10H,4-7,11H2,1-3H3. The largest absolute Gasteiger partial charge is 0.496 e. The summed E-state index contributed by atoms with van der Waals surface area (Å²) in [4.78, 5) is 23.5. The predicted octanol–water partition coefficient (Wildman–Crippen LogP) is 3.46. The summed E-state index contributed by atoms with van der Waals surface area (Å²) in [5.41, 5.74) is 0.797. The molecule has 0 saturated carbocycles. The molecule has 8 heteroatoms. The van der Waals surface area contributed by atoms with Gasteiger partial charge in [0.25, 0.3) is 0 Å². The van der Waals surface area contributed by atoms with Gasteiger partial charge in [-0.2, -0.15) is 0 Å². The Hall–Kier alpha value is -2.54. The van der Waals surface area contributed by atoms with Crippen LogP contribution in [0.15, 0.2) is 18.2 Å². The van der Waals surface area contributed by atoms with E-state index in [4.69, 9.17) is 25.8 Å². The van der Waals surface area contributed by atoms with Crippen LogP contribution in [-0.2, 0) is 0 Å². The third-order valence-electron chi connectivity index (χ3n) is 5.40. The van der Waals surface area contributed by atoms with E-state index in [2.05, 4.69) is 14.9 Å². The van der Waals surface area contributed by atoms with E-state index in [9.17, 15) is 4.79 Å². The number of benzene rings is 1. The lowest BCUT2D eigenvalue weighted by atomic mass is 9.82. The van der Waals surface area contributed by atoms with Crippen LogP contribution in [0.4, 0.5) is 5.82 Å². The maximum absolute atomic E-state index is 12.9. The first-order chi connectivity index (χ1) is 13.4. The van der Waals surface area contributed by atoms with Gasteiger partial charge in [0.05, 0.1) is 20.6 Å². The minimum absolute atomic E-state index is 0.0372. The number of fused-ring (bicyclic) bond motifs is 1. The van der Waals surface area contributed by atoms with Gasteiger partial charge in [-0.1, -0.05) is 0 Å². The zero-order valence-corrected chi connectivity index (χ0v) is 16.9. The van der Waals surface area contributed by atoms with Crippen molar-refractivity contribution in [2.75, 3.05) is 32.2 Å². The van der Waals surface area contributed by atoms with E-state index in [-0.39, 0.29) is 11.1 Å². The SMILES string of the molecule is COc1cc(OC)c2c(c1)OC1(CCN(c3cc(C)nc(Cl)n3)CC1)CC2=O. The van der Waals surface area contributed by atoms with E-state index in [1.807, 2.05) is 13.0 Å². The van der Waals surface area contributed by atoms with Crippen LogP contribution >= 0.6 is 11.6 Å². The van der Waals surface area contributed by atoms with Crippen molar-refractivity contribution < 1.29 is 19.0 Å². The van der Waals surface area contributed by atoms with E-state index in [1.165, 1.54) is 0 Å². The third kappa shape index (κ3) is 3.35. The average molecular weight is 404 g/mol. The second-order valence-electron chi connectivity index (χ2n) is 7.21. The normalized spacial score (nSPS) is 17.9. The van der Waals surface area contributed by atoms with Crippen molar-refractivity contribution in [1.82, 2.24) is 9.97 Å². The summed E-state index contributed by atoms with van der Waals surface area (Å²) in [5, 5.41) is 0.243. The molecule has 2 aliphatic rings. The molecular weight excluding hydrogens is 382 g/mol. The third-order valence-corrected chi connectivity index (χ3v) is 5.56. The van der Waals surface area contributed by atoms with Crippen molar-refractivity contribution in [2.45, 2.75) is 31.8 Å². The predicted molar refractivity (Wildman–Crippen MR) is 105 cm³/mol. The topological polar surface area (TPSA) is 73.8 Å². The summed E-state index contributed by atoms with van der Waals surface area (Å²) in [5.74, 6) is 2.46. The Labute approximate surface area is 168 Å². The first-order valence-electron chi connectivity index (χ1n) is 9.17. The summed E-state index contributed by atoms with van der Waals surface area (Å²) < 4.78 is 17.1. The Kier molecular flexibility index (Phi) is 4.79. The van der Waals surface area contributed by atoms with Crippen LogP contribution in [0.5, 0.6) is 17.2 Å². The fraction of sp³-hybridized carbons (Fsp3) is 0.450. The number of rotatable bonds is 3. The number of nitrogens with zero attached hydrogens (tertiary/aromatic N) is 3. The van der Waals surface area contributed by atoms with Crippen molar-refractivity contribution >= 4 is 23.2 Å². The smallest absolute Gasteiger partial charge is 0.224 e. The number of carbonyl (C=O) groups excluding carboxylic acids is 1. The number of ether oxygens (including phenoxy) is 3. The molecule has 1 spiro atoms. The van der Waals surface area contributed by atoms with Crippen molar-refractivity contribution in [3.63, 3.8) is 0 Å². The summed E-state index contributed by atoms with van der Waals surface area (Å²) in [6.07, 6.45) is 1.75. The number of halogens is 1. The Balaban J connectivity index is 1.58. The van der Waals surface area contributed by atoms with Crippen molar-refractivity contribution in [3.8, 4) is 17.2 Å². The van der Waals surface area contributed by atoms with Gasteiger partial charge in [-0.3, -0.25) is 4.79 Å². The molecule has 28 heavy (non-hydrogen) atoms. The minimum atomic E-state index is -0.524. The molecule has 1 aromatic heterocycles. The first-order valence-corrected chi connectivity index (χ1v) is 9.55. The summed E-state index contributed by atoms with van der Waals surface area (Å²) >= 11 is 6.00. The van der Waals surface area contributed by atoms with Gasteiger partial charge in [-0.05, 0) is 18.5 Å². The quantitative estimate of drug-likeness (QED) is 0.726. The molecule has 1 saturated heterocycles. The second kappa shape index (κ2) is 7.13. The van der Waals surface area contributed by atoms with Gasteiger partial charge in [-0.25, -0.2) is 9.97 Å². The molecule has 0 aliphatic carbocycles. The fourth-order valence-corrected chi connectivity index (χ4v) is 4.17. The van der Waals surface area contributed by atoms with E-state index in [1.54, 1.807) is 26.4 Å². The highest BCUT2D eigenvalue weighted by Gasteiger charge is 2.44. The lowest BCUT2D eigenvalue weighted by Gasteiger charge is -2.44. The maximum atomic E-state index is 12.9. The molecule has 0 unspecified atom stereocenters. The molecule has 2 aliphatic heterocycles. The number of anilines is 1. The molecule has 0 N–H and O–H groups in total. The van der Waals surface area contributed by atoms with Gasteiger partial charge in [0.1, 0.15) is 34.2 Å². The van der Waals surface area contributed by atoms with Gasteiger partial charge in [0.2, 0.25) is 5.28 Å². The zero-order valence-electron chi connectivity index (χ0n) is 16.1. The van der Waals surface area contributed by atoms with E-state index >= 15 is 0 Å². The highest BCUT2D eigenvalue weighted by Crippen LogP contribution is 2.45. The van der Waals surface area contributed by atoms with Gasteiger partial charge >= 0.3 is 0 Å². The van der Waals surface area contributed by atoms with E-state index < -0.39 is 5.60 Å². The number of aromatic nitrogens is 2. The monoisotopic (exact) mass is 403 g/mol. The number of hydrogen-bond donors (Lipinski definition) is 0. The molecule has 3 heterocycles. The molecule has 2 aromatic rings. The lowest BCUT2D eigenvalue weighted by molar-refractivity contribution is 0.0225. The molecule has 1 aromatic carbocycles. The molecule has 1 fully saturated rings. The molecular formula is C20H22ClN3O4. The molecule has 0 atom stereocenters. The summed E-state index contributed by atoms with van der Waals surface area (Å²) in [6.45, 7) is 3.33. The highest BCUT2D eigenvalue weighted by atomic mass is 35.5. The van der Waals surface area contributed by atoms with Crippen LogP contribution in [0, 0.1) is 6.92 Å². The van der Waals surface area contributed by atoms with Crippen LogP contribution in [-0.4, -0.2) is 48.7 Å². The average Bonchev–Trinajstić information content (AvgIpc) is 2.66. The number of aryl methyl sites for hydroxylation is 1. The highest BCUT2D eigenvalue weighted by molar-refractivity contribution is 6.28. The fourth-order valence-electron chi connectivity index (χ4n) is 3.95. The van der Waals surface area contributed by atoms with Crippen molar-refractivity contribution in [3.05, 3.63) is 34.7 Å². The lowest BCUT2D eigenvalue weighted by Crippen LogP contribution is -2.51. The molecule has 148 valence electrons. The van der Waals surface area contributed by atoms with Gasteiger partial charge in [0, 0.05) is 49.8 Å². The van der Waals surface area contributed by atoms with Crippen LogP contribution in [0.25, 0.3) is 0 Å². The van der Waals surface area contributed by atoms with Gasteiger partial charge in [-0.15, -0.1) is 0 Å². The molecule has 0 radical (unpaired) electrons. The molecule has 0 amide bonds. The minimum Gasteiger partial charge on any atom is -0.496 e. The van der Waals surface area contributed by atoms with Crippen LogP contribution in [0.1, 0.15) is 35.3 Å². The molecule has 7 nitrogen and oxygen atoms in total. The Bertz CT molecular complexity index is 906.